The lowest BCUT2D eigenvalue weighted by Crippen LogP contribution is -2.27. The summed E-state index contributed by atoms with van der Waals surface area (Å²) in [5.41, 5.74) is 1.09. The molecule has 2 amide bonds. The summed E-state index contributed by atoms with van der Waals surface area (Å²) in [7, 11) is 0. The smallest absolute Gasteiger partial charge is 0.268 e. The maximum absolute atomic E-state index is 13.1. The first kappa shape index (κ1) is 16.7. The van der Waals surface area contributed by atoms with Crippen LogP contribution in [0, 0.1) is 11.6 Å². The van der Waals surface area contributed by atoms with Crippen molar-refractivity contribution in [2.24, 2.45) is 0 Å². The fraction of sp³-hybridized carbons (Fsp3) is 0.0588. The fourth-order valence-corrected chi connectivity index (χ4v) is 3.23. The van der Waals surface area contributed by atoms with Crippen LogP contribution in [0.25, 0.3) is 6.08 Å². The van der Waals surface area contributed by atoms with E-state index in [2.05, 4.69) is 0 Å². The molecule has 1 saturated heterocycles. The number of carbonyl (C=O) groups excluding carboxylic acids is 2. The van der Waals surface area contributed by atoms with E-state index in [1.165, 1.54) is 42.5 Å². The van der Waals surface area contributed by atoms with Crippen LogP contribution in [0.1, 0.15) is 11.1 Å². The van der Waals surface area contributed by atoms with E-state index in [0.717, 1.165) is 22.7 Å². The van der Waals surface area contributed by atoms with Gasteiger partial charge in [-0.25, -0.2) is 8.78 Å². The summed E-state index contributed by atoms with van der Waals surface area (Å²) in [6.45, 7) is -0.0372. The molecule has 2 aromatic rings. The number of hydrogen-bond acceptors (Lipinski definition) is 3. The van der Waals surface area contributed by atoms with Crippen LogP contribution in [0.4, 0.5) is 13.6 Å². The summed E-state index contributed by atoms with van der Waals surface area (Å²) in [5.74, 6) is -1.34. The zero-order valence-electron chi connectivity index (χ0n) is 12.1. The van der Waals surface area contributed by atoms with Gasteiger partial charge < -0.3 is 0 Å². The normalized spacial score (nSPS) is 16.3. The molecule has 0 aliphatic carbocycles. The highest BCUT2D eigenvalue weighted by atomic mass is 35.5. The number of hydrogen-bond donors (Lipinski definition) is 0. The van der Waals surface area contributed by atoms with Gasteiger partial charge in [0.2, 0.25) is 0 Å². The van der Waals surface area contributed by atoms with Gasteiger partial charge in [-0.1, -0.05) is 29.8 Å². The van der Waals surface area contributed by atoms with E-state index in [4.69, 9.17) is 11.6 Å². The average Bonchev–Trinajstić information content (AvgIpc) is 2.79. The minimum atomic E-state index is -0.492. The summed E-state index contributed by atoms with van der Waals surface area (Å²) in [4.78, 5) is 25.7. The molecule has 1 aliphatic rings. The number of nitrogens with zero attached hydrogens (tertiary/aromatic N) is 1. The van der Waals surface area contributed by atoms with Gasteiger partial charge in [0.05, 0.1) is 11.4 Å². The highest BCUT2D eigenvalue weighted by Gasteiger charge is 2.35. The van der Waals surface area contributed by atoms with Crippen LogP contribution in [0.2, 0.25) is 5.02 Å². The number of imide groups is 1. The highest BCUT2D eigenvalue weighted by molar-refractivity contribution is 8.18. The summed E-state index contributed by atoms with van der Waals surface area (Å²) >= 11 is 6.73. The average molecular weight is 366 g/mol. The summed E-state index contributed by atoms with van der Waals surface area (Å²) in [5, 5.41) is -0.287. The van der Waals surface area contributed by atoms with Crippen LogP contribution in [-0.2, 0) is 11.3 Å². The summed E-state index contributed by atoms with van der Waals surface area (Å²) in [6.07, 6.45) is 1.52. The second-order valence-electron chi connectivity index (χ2n) is 5.06. The van der Waals surface area contributed by atoms with Crippen LogP contribution in [-0.4, -0.2) is 16.0 Å². The van der Waals surface area contributed by atoms with E-state index in [1.807, 2.05) is 0 Å². The third-order valence-corrected chi connectivity index (χ3v) is 4.64. The molecule has 0 N–H and O–H groups in total. The van der Waals surface area contributed by atoms with E-state index in [1.54, 1.807) is 0 Å². The Hall–Kier alpha value is -2.18. The standard InChI is InChI=1S/C17H10ClF2NO2S/c18-14-8-13(20)6-3-11(14)9-21-16(22)15(24-17(21)23)7-10-1-4-12(19)5-2-10/h1-8H,9H2/b15-7+. The van der Waals surface area contributed by atoms with Crippen molar-refractivity contribution in [1.29, 1.82) is 0 Å². The molecular formula is C17H10ClF2NO2S. The molecule has 24 heavy (non-hydrogen) atoms. The van der Waals surface area contributed by atoms with Gasteiger partial charge in [0.15, 0.2) is 0 Å². The van der Waals surface area contributed by atoms with Crippen molar-refractivity contribution < 1.29 is 18.4 Å². The first-order valence-electron chi connectivity index (χ1n) is 6.89. The SMILES string of the molecule is O=C1S/C(=C/c2ccc(F)cc2)C(=O)N1Cc1ccc(F)cc1Cl. The molecule has 0 aromatic heterocycles. The maximum Gasteiger partial charge on any atom is 0.293 e. The Balaban J connectivity index is 1.82. The number of benzene rings is 2. The van der Waals surface area contributed by atoms with E-state index in [9.17, 15) is 18.4 Å². The van der Waals surface area contributed by atoms with Gasteiger partial charge in [0, 0.05) is 5.02 Å². The molecule has 3 nitrogen and oxygen atoms in total. The van der Waals surface area contributed by atoms with Crippen molar-refractivity contribution in [3.05, 3.63) is 75.2 Å². The van der Waals surface area contributed by atoms with Gasteiger partial charge >= 0.3 is 0 Å². The van der Waals surface area contributed by atoms with E-state index < -0.39 is 17.0 Å². The molecule has 1 aliphatic heterocycles. The van der Waals surface area contributed by atoms with Gasteiger partial charge in [0.1, 0.15) is 11.6 Å². The molecule has 7 heteroatoms. The lowest BCUT2D eigenvalue weighted by atomic mass is 10.2. The van der Waals surface area contributed by atoms with Crippen molar-refractivity contribution in [2.75, 3.05) is 0 Å². The van der Waals surface area contributed by atoms with Crippen molar-refractivity contribution in [2.45, 2.75) is 6.54 Å². The quantitative estimate of drug-likeness (QED) is 0.729. The van der Waals surface area contributed by atoms with Gasteiger partial charge in [-0.2, -0.15) is 0 Å². The molecule has 122 valence electrons. The number of carbonyl (C=O) groups is 2. The molecule has 0 radical (unpaired) electrons. The number of amides is 2. The second-order valence-corrected chi connectivity index (χ2v) is 6.46. The van der Waals surface area contributed by atoms with Crippen molar-refractivity contribution in [3.63, 3.8) is 0 Å². The third-order valence-electron chi connectivity index (χ3n) is 3.38. The molecule has 0 unspecified atom stereocenters. The molecular weight excluding hydrogens is 356 g/mol. The summed E-state index contributed by atoms with van der Waals surface area (Å²) in [6, 6.07) is 9.35. The first-order chi connectivity index (χ1) is 11.4. The Morgan fingerprint density at radius 2 is 1.71 bits per heavy atom. The lowest BCUT2D eigenvalue weighted by Gasteiger charge is -2.13. The van der Waals surface area contributed by atoms with Crippen LogP contribution >= 0.6 is 23.4 Å². The maximum atomic E-state index is 13.1. The first-order valence-corrected chi connectivity index (χ1v) is 8.08. The van der Waals surface area contributed by atoms with Gasteiger partial charge in [-0.15, -0.1) is 0 Å². The molecule has 0 saturated carbocycles. The Labute approximate surface area is 145 Å². The van der Waals surface area contributed by atoms with Crippen LogP contribution < -0.4 is 0 Å². The van der Waals surface area contributed by atoms with Gasteiger partial charge in [0.25, 0.3) is 11.1 Å². The lowest BCUT2D eigenvalue weighted by molar-refractivity contribution is -0.123. The van der Waals surface area contributed by atoms with Crippen LogP contribution in [0.3, 0.4) is 0 Å². The van der Waals surface area contributed by atoms with E-state index in [0.29, 0.717) is 11.1 Å². The predicted octanol–water partition coefficient (Wildman–Crippen LogP) is 4.85. The number of rotatable bonds is 3. The minimum Gasteiger partial charge on any atom is -0.268 e. The molecule has 1 fully saturated rings. The predicted molar refractivity (Wildman–Crippen MR) is 89.3 cm³/mol. The number of thioether (sulfide) groups is 1. The van der Waals surface area contributed by atoms with Crippen molar-refractivity contribution in [3.8, 4) is 0 Å². The highest BCUT2D eigenvalue weighted by Crippen LogP contribution is 2.34. The van der Waals surface area contributed by atoms with E-state index >= 15 is 0 Å². The van der Waals surface area contributed by atoms with Crippen molar-refractivity contribution in [1.82, 2.24) is 4.90 Å². The van der Waals surface area contributed by atoms with E-state index in [-0.39, 0.29) is 22.3 Å². The summed E-state index contributed by atoms with van der Waals surface area (Å²) < 4.78 is 26.0. The Bertz CT molecular complexity index is 852. The molecule has 2 aromatic carbocycles. The molecule has 3 rings (SSSR count). The second kappa shape index (κ2) is 6.75. The van der Waals surface area contributed by atoms with Gasteiger partial charge in [-0.05, 0) is 53.2 Å². The monoisotopic (exact) mass is 365 g/mol. The number of halogens is 3. The third kappa shape index (κ3) is 3.49. The minimum absolute atomic E-state index is 0.0372. The topological polar surface area (TPSA) is 37.4 Å². The van der Waals surface area contributed by atoms with Crippen LogP contribution in [0.5, 0.6) is 0 Å². The largest absolute Gasteiger partial charge is 0.293 e. The molecule has 0 spiro atoms. The molecule has 0 atom stereocenters. The Morgan fingerprint density at radius 1 is 1.04 bits per heavy atom. The van der Waals surface area contributed by atoms with Gasteiger partial charge in [-0.3, -0.25) is 14.5 Å². The molecule has 1 heterocycles. The zero-order chi connectivity index (χ0) is 17.3. The van der Waals surface area contributed by atoms with Crippen LogP contribution in [0.15, 0.2) is 47.4 Å². The zero-order valence-corrected chi connectivity index (χ0v) is 13.7. The molecule has 0 bridgehead atoms. The van der Waals surface area contributed by atoms with Crippen molar-refractivity contribution >= 4 is 40.6 Å². The Kier molecular flexibility index (Phi) is 4.69. The fourth-order valence-electron chi connectivity index (χ4n) is 2.17. The Morgan fingerprint density at radius 3 is 2.38 bits per heavy atom.